The van der Waals surface area contributed by atoms with Crippen LogP contribution in [-0.4, -0.2) is 50.4 Å². The van der Waals surface area contributed by atoms with Crippen LogP contribution < -0.4 is 0 Å². The van der Waals surface area contributed by atoms with Crippen LogP contribution in [0.25, 0.3) is 0 Å². The predicted octanol–water partition coefficient (Wildman–Crippen LogP) is 3.33. The molecule has 0 spiro atoms. The fourth-order valence-electron chi connectivity index (χ4n) is 4.43. The Morgan fingerprint density at radius 1 is 1.06 bits per heavy atom. The summed E-state index contributed by atoms with van der Waals surface area (Å²) in [6.07, 6.45) is 1.06. The highest BCUT2D eigenvalue weighted by molar-refractivity contribution is 6.14. The SMILES string of the molecule is CCCCOC1CC(c2ccccc2)C2=C(C(=O)OC2)C1(C(=O)OCC)C(=O)OCC. The molecule has 2 atom stereocenters. The molecule has 0 aromatic heterocycles. The molecule has 1 heterocycles. The standard InChI is InChI=1S/C24H30O7/c1-4-7-13-30-19-14-17(16-11-9-8-10-12-16)18-15-31-21(25)20(18)24(19,22(26)28-5-2)23(27)29-6-3/h8-12,17,19H,4-7,13-15H2,1-3H3. The normalized spacial score (nSPS) is 22.0. The van der Waals surface area contributed by atoms with E-state index in [0.717, 1.165) is 18.4 Å². The fraction of sp³-hybridized carbons (Fsp3) is 0.542. The van der Waals surface area contributed by atoms with E-state index in [1.807, 2.05) is 37.3 Å². The minimum Gasteiger partial charge on any atom is -0.465 e. The molecule has 0 fully saturated rings. The van der Waals surface area contributed by atoms with E-state index in [0.29, 0.717) is 18.6 Å². The highest BCUT2D eigenvalue weighted by atomic mass is 16.6. The second-order valence-corrected chi connectivity index (χ2v) is 7.64. The van der Waals surface area contributed by atoms with Gasteiger partial charge in [-0.15, -0.1) is 0 Å². The Hall–Kier alpha value is -2.67. The van der Waals surface area contributed by atoms with Crippen LogP contribution in [0, 0.1) is 5.41 Å². The van der Waals surface area contributed by atoms with Crippen molar-refractivity contribution in [2.45, 2.75) is 52.1 Å². The Bertz CT molecular complexity index is 825. The lowest BCUT2D eigenvalue weighted by Crippen LogP contribution is -2.57. The smallest absolute Gasteiger partial charge is 0.336 e. The molecule has 2 aliphatic rings. The number of cyclic esters (lactones) is 1. The average molecular weight is 430 g/mol. The van der Waals surface area contributed by atoms with E-state index < -0.39 is 29.4 Å². The lowest BCUT2D eigenvalue weighted by atomic mass is 9.63. The molecule has 1 aromatic carbocycles. The Labute approximate surface area is 182 Å². The monoisotopic (exact) mass is 430 g/mol. The number of esters is 3. The van der Waals surface area contributed by atoms with Crippen molar-refractivity contribution in [2.75, 3.05) is 26.4 Å². The van der Waals surface area contributed by atoms with Gasteiger partial charge in [-0.05, 0) is 37.8 Å². The molecule has 0 N–H and O–H groups in total. The van der Waals surface area contributed by atoms with E-state index in [9.17, 15) is 14.4 Å². The summed E-state index contributed by atoms with van der Waals surface area (Å²) >= 11 is 0. The summed E-state index contributed by atoms with van der Waals surface area (Å²) in [7, 11) is 0. The van der Waals surface area contributed by atoms with Gasteiger partial charge in [0.15, 0.2) is 0 Å². The number of carbonyl (C=O) groups is 3. The van der Waals surface area contributed by atoms with E-state index >= 15 is 0 Å². The molecule has 1 aliphatic carbocycles. The Kier molecular flexibility index (Phi) is 7.49. The maximum absolute atomic E-state index is 13.4. The molecular weight excluding hydrogens is 400 g/mol. The lowest BCUT2D eigenvalue weighted by molar-refractivity contribution is -0.183. The number of carbonyl (C=O) groups excluding carboxylic acids is 3. The minimum atomic E-state index is -1.99. The molecule has 168 valence electrons. The maximum atomic E-state index is 13.4. The zero-order valence-corrected chi connectivity index (χ0v) is 18.3. The summed E-state index contributed by atoms with van der Waals surface area (Å²) in [5.41, 5.74) is -0.383. The molecule has 31 heavy (non-hydrogen) atoms. The number of hydrogen-bond acceptors (Lipinski definition) is 7. The first-order valence-corrected chi connectivity index (χ1v) is 10.9. The topological polar surface area (TPSA) is 88.1 Å². The van der Waals surface area contributed by atoms with E-state index in [1.54, 1.807) is 13.8 Å². The number of rotatable bonds is 9. The fourth-order valence-corrected chi connectivity index (χ4v) is 4.43. The third kappa shape index (κ3) is 4.11. The second kappa shape index (κ2) is 10.1. The molecule has 0 saturated heterocycles. The molecule has 3 rings (SSSR count). The zero-order valence-electron chi connectivity index (χ0n) is 18.3. The third-order valence-electron chi connectivity index (χ3n) is 5.85. The van der Waals surface area contributed by atoms with Crippen molar-refractivity contribution in [1.82, 2.24) is 0 Å². The quantitative estimate of drug-likeness (QED) is 0.257. The summed E-state index contributed by atoms with van der Waals surface area (Å²) in [6, 6.07) is 9.66. The summed E-state index contributed by atoms with van der Waals surface area (Å²) in [4.78, 5) is 39.7. The Balaban J connectivity index is 2.21. The van der Waals surface area contributed by atoms with Crippen molar-refractivity contribution in [2.24, 2.45) is 5.41 Å². The van der Waals surface area contributed by atoms with Gasteiger partial charge in [-0.25, -0.2) is 4.79 Å². The summed E-state index contributed by atoms with van der Waals surface area (Å²) in [5.74, 6) is -2.56. The van der Waals surface area contributed by atoms with Gasteiger partial charge in [0.2, 0.25) is 5.41 Å². The highest BCUT2D eigenvalue weighted by Crippen LogP contribution is 2.52. The first kappa shape index (κ1) is 23.0. The molecule has 7 nitrogen and oxygen atoms in total. The number of unbranched alkanes of at least 4 members (excludes halogenated alkanes) is 1. The molecule has 1 aromatic rings. The molecule has 2 unspecified atom stereocenters. The molecule has 0 amide bonds. The Morgan fingerprint density at radius 2 is 1.71 bits per heavy atom. The van der Waals surface area contributed by atoms with Gasteiger partial charge in [0, 0.05) is 12.5 Å². The van der Waals surface area contributed by atoms with Crippen LogP contribution in [0.15, 0.2) is 41.5 Å². The van der Waals surface area contributed by atoms with Gasteiger partial charge in [-0.3, -0.25) is 9.59 Å². The summed E-state index contributed by atoms with van der Waals surface area (Å²) in [5, 5.41) is 0. The van der Waals surface area contributed by atoms with Crippen LogP contribution in [0.3, 0.4) is 0 Å². The maximum Gasteiger partial charge on any atom is 0.336 e. The van der Waals surface area contributed by atoms with Gasteiger partial charge in [-0.1, -0.05) is 43.7 Å². The molecular formula is C24H30O7. The van der Waals surface area contributed by atoms with Gasteiger partial charge < -0.3 is 18.9 Å². The van der Waals surface area contributed by atoms with Gasteiger partial charge in [-0.2, -0.15) is 0 Å². The van der Waals surface area contributed by atoms with Crippen LogP contribution in [0.1, 0.15) is 51.5 Å². The zero-order chi connectivity index (χ0) is 22.4. The van der Waals surface area contributed by atoms with Crippen LogP contribution in [0.2, 0.25) is 0 Å². The summed E-state index contributed by atoms with van der Waals surface area (Å²) in [6.45, 7) is 5.82. The van der Waals surface area contributed by atoms with Gasteiger partial charge in [0.05, 0.1) is 24.9 Å². The third-order valence-corrected chi connectivity index (χ3v) is 5.85. The molecule has 1 aliphatic heterocycles. The lowest BCUT2D eigenvalue weighted by Gasteiger charge is -2.42. The Morgan fingerprint density at radius 3 is 2.29 bits per heavy atom. The van der Waals surface area contributed by atoms with Crippen LogP contribution in [0.5, 0.6) is 0 Å². The number of hydrogen-bond donors (Lipinski definition) is 0. The van der Waals surface area contributed by atoms with Crippen molar-refractivity contribution < 1.29 is 33.3 Å². The van der Waals surface area contributed by atoms with Crippen molar-refractivity contribution >= 4 is 17.9 Å². The van der Waals surface area contributed by atoms with Crippen LogP contribution >= 0.6 is 0 Å². The first-order chi connectivity index (χ1) is 15.0. The average Bonchev–Trinajstić information content (AvgIpc) is 3.16. The molecule has 0 bridgehead atoms. The van der Waals surface area contributed by atoms with Crippen LogP contribution in [0.4, 0.5) is 0 Å². The second-order valence-electron chi connectivity index (χ2n) is 7.64. The molecule has 7 heteroatoms. The van der Waals surface area contributed by atoms with E-state index in [1.165, 1.54) is 0 Å². The van der Waals surface area contributed by atoms with Gasteiger partial charge >= 0.3 is 17.9 Å². The van der Waals surface area contributed by atoms with E-state index in [2.05, 4.69) is 0 Å². The molecule has 0 radical (unpaired) electrons. The predicted molar refractivity (Wildman–Crippen MR) is 112 cm³/mol. The number of benzene rings is 1. The van der Waals surface area contributed by atoms with E-state index in [-0.39, 0.29) is 31.3 Å². The van der Waals surface area contributed by atoms with Crippen molar-refractivity contribution in [3.05, 3.63) is 47.0 Å². The van der Waals surface area contributed by atoms with Crippen molar-refractivity contribution in [3.63, 3.8) is 0 Å². The largest absolute Gasteiger partial charge is 0.465 e. The van der Waals surface area contributed by atoms with Gasteiger partial charge in [0.1, 0.15) is 6.61 Å². The van der Waals surface area contributed by atoms with E-state index in [4.69, 9.17) is 18.9 Å². The van der Waals surface area contributed by atoms with Crippen molar-refractivity contribution in [3.8, 4) is 0 Å². The molecule has 0 saturated carbocycles. The minimum absolute atomic E-state index is 0.0194. The highest BCUT2D eigenvalue weighted by Gasteiger charge is 2.66. The first-order valence-electron chi connectivity index (χ1n) is 10.9. The van der Waals surface area contributed by atoms with Crippen molar-refractivity contribution in [1.29, 1.82) is 0 Å². The summed E-state index contributed by atoms with van der Waals surface area (Å²) < 4.78 is 22.1. The van der Waals surface area contributed by atoms with Crippen LogP contribution in [-0.2, 0) is 33.3 Å². The van der Waals surface area contributed by atoms with Gasteiger partial charge in [0.25, 0.3) is 0 Å². The number of ether oxygens (including phenoxy) is 4.